The lowest BCUT2D eigenvalue weighted by Crippen LogP contribution is -2.15. The third kappa shape index (κ3) is 3.89. The average Bonchev–Trinajstić information content (AvgIpc) is 3.37. The number of fused-ring (bicyclic) bond motifs is 2. The fourth-order valence-electron chi connectivity index (χ4n) is 2.82. The van der Waals surface area contributed by atoms with Crippen molar-refractivity contribution in [1.82, 2.24) is 19.7 Å². The largest absolute Gasteiger partial charge is 0.486 e. The molecule has 0 fully saturated rings. The smallest absolute Gasteiger partial charge is 0.236 e. The van der Waals surface area contributed by atoms with E-state index in [9.17, 15) is 4.79 Å². The minimum atomic E-state index is -0.164. The molecule has 5 rings (SSSR count). The van der Waals surface area contributed by atoms with E-state index in [2.05, 4.69) is 20.4 Å². The number of nitrogens with one attached hydrogen (secondary N) is 1. The van der Waals surface area contributed by atoms with Gasteiger partial charge >= 0.3 is 0 Å². The molecule has 146 valence electrons. The molecule has 0 saturated carbocycles. The average molecular weight is 425 g/mol. The monoisotopic (exact) mass is 425 g/mol. The Morgan fingerprint density at radius 1 is 1.17 bits per heavy atom. The number of nitrogens with zero attached hydrogens (tertiary/aromatic N) is 4. The minimum Gasteiger partial charge on any atom is -0.486 e. The number of carbonyl (C=O) groups excluding carboxylic acids is 1. The number of thioether (sulfide) groups is 1. The van der Waals surface area contributed by atoms with Gasteiger partial charge in [0.15, 0.2) is 16.6 Å². The molecule has 2 aromatic carbocycles. The number of para-hydroxylation sites is 1. The van der Waals surface area contributed by atoms with E-state index in [0.717, 1.165) is 15.9 Å². The van der Waals surface area contributed by atoms with Gasteiger partial charge in [-0.2, -0.15) is 0 Å². The van der Waals surface area contributed by atoms with Crippen molar-refractivity contribution in [3.8, 4) is 17.2 Å². The summed E-state index contributed by atoms with van der Waals surface area (Å²) in [5.41, 5.74) is 1.69. The van der Waals surface area contributed by atoms with E-state index >= 15 is 0 Å². The molecule has 0 spiro atoms. The van der Waals surface area contributed by atoms with Gasteiger partial charge in [0, 0.05) is 12.1 Å². The Labute approximate surface area is 173 Å². The van der Waals surface area contributed by atoms with Gasteiger partial charge in [-0.3, -0.25) is 4.79 Å². The van der Waals surface area contributed by atoms with Crippen LogP contribution in [0.5, 0.6) is 11.5 Å². The summed E-state index contributed by atoms with van der Waals surface area (Å²) in [6.07, 6.45) is 1.63. The van der Waals surface area contributed by atoms with Gasteiger partial charge in [-0.25, -0.2) is 14.6 Å². The van der Waals surface area contributed by atoms with Crippen molar-refractivity contribution in [1.29, 1.82) is 0 Å². The molecule has 0 saturated heterocycles. The quantitative estimate of drug-likeness (QED) is 0.490. The van der Waals surface area contributed by atoms with E-state index in [0.29, 0.717) is 35.0 Å². The summed E-state index contributed by atoms with van der Waals surface area (Å²) in [7, 11) is 0. The summed E-state index contributed by atoms with van der Waals surface area (Å²) < 4.78 is 13.8. The number of amides is 1. The van der Waals surface area contributed by atoms with Crippen molar-refractivity contribution in [2.45, 2.75) is 5.16 Å². The summed E-state index contributed by atoms with van der Waals surface area (Å²) in [5.74, 6) is 1.42. The SMILES string of the molecule is O=C(CSc1ncn(-c2ccccc2)n1)Nc1nc2cc3c(cc2s1)OCCO3. The summed E-state index contributed by atoms with van der Waals surface area (Å²) >= 11 is 2.67. The summed E-state index contributed by atoms with van der Waals surface area (Å²) in [5, 5.41) is 8.30. The van der Waals surface area contributed by atoms with E-state index in [1.165, 1.54) is 23.1 Å². The first kappa shape index (κ1) is 18.0. The number of benzene rings is 2. The summed E-state index contributed by atoms with van der Waals surface area (Å²) in [4.78, 5) is 21.0. The molecule has 4 aromatic rings. The molecule has 29 heavy (non-hydrogen) atoms. The molecule has 3 heterocycles. The number of ether oxygens (including phenoxy) is 2. The van der Waals surface area contributed by atoms with Crippen molar-refractivity contribution >= 4 is 44.4 Å². The Kier molecular flexibility index (Phi) is 4.78. The molecule has 0 aliphatic carbocycles. The number of hydrogen-bond donors (Lipinski definition) is 1. The second kappa shape index (κ2) is 7.72. The molecule has 0 bridgehead atoms. The van der Waals surface area contributed by atoms with Crippen LogP contribution in [0.25, 0.3) is 15.9 Å². The first-order chi connectivity index (χ1) is 14.2. The van der Waals surface area contributed by atoms with Gasteiger partial charge in [-0.15, -0.1) is 5.10 Å². The maximum absolute atomic E-state index is 12.3. The fourth-order valence-corrected chi connectivity index (χ4v) is 4.31. The molecule has 0 unspecified atom stereocenters. The molecule has 2 aromatic heterocycles. The van der Waals surface area contributed by atoms with E-state index in [1.54, 1.807) is 11.0 Å². The molecule has 1 amide bonds. The van der Waals surface area contributed by atoms with E-state index in [-0.39, 0.29) is 11.7 Å². The Morgan fingerprint density at radius 2 is 1.97 bits per heavy atom. The van der Waals surface area contributed by atoms with E-state index < -0.39 is 0 Å². The lowest BCUT2D eigenvalue weighted by molar-refractivity contribution is -0.113. The highest BCUT2D eigenvalue weighted by molar-refractivity contribution is 7.99. The van der Waals surface area contributed by atoms with Gasteiger partial charge in [-0.05, 0) is 12.1 Å². The van der Waals surface area contributed by atoms with Crippen LogP contribution in [0.4, 0.5) is 5.13 Å². The first-order valence-electron chi connectivity index (χ1n) is 8.84. The van der Waals surface area contributed by atoms with Crippen LogP contribution in [0.1, 0.15) is 0 Å². The Morgan fingerprint density at radius 3 is 2.79 bits per heavy atom. The maximum atomic E-state index is 12.3. The lowest BCUT2D eigenvalue weighted by atomic mass is 10.3. The van der Waals surface area contributed by atoms with Crippen LogP contribution in [0.2, 0.25) is 0 Å². The zero-order valence-corrected chi connectivity index (χ0v) is 16.7. The second-order valence-corrected chi connectivity index (χ2v) is 8.10. The minimum absolute atomic E-state index is 0.164. The highest BCUT2D eigenvalue weighted by Crippen LogP contribution is 2.37. The summed E-state index contributed by atoms with van der Waals surface area (Å²) in [6.45, 7) is 1.06. The molecular formula is C19H15N5O3S2. The molecule has 1 aliphatic rings. The van der Waals surface area contributed by atoms with E-state index in [4.69, 9.17) is 9.47 Å². The highest BCUT2D eigenvalue weighted by Gasteiger charge is 2.16. The number of hydrogen-bond acceptors (Lipinski definition) is 8. The summed E-state index contributed by atoms with van der Waals surface area (Å²) in [6, 6.07) is 13.4. The predicted molar refractivity (Wildman–Crippen MR) is 111 cm³/mol. The predicted octanol–water partition coefficient (Wildman–Crippen LogP) is 3.38. The van der Waals surface area contributed by atoms with Gasteiger partial charge in [0.25, 0.3) is 0 Å². The highest BCUT2D eigenvalue weighted by atomic mass is 32.2. The Balaban J connectivity index is 1.22. The molecule has 0 atom stereocenters. The van der Waals surface area contributed by atoms with Crippen LogP contribution in [0.3, 0.4) is 0 Å². The Bertz CT molecular complexity index is 1130. The van der Waals surface area contributed by atoms with Crippen molar-refractivity contribution in [2.24, 2.45) is 0 Å². The molecule has 0 radical (unpaired) electrons. The van der Waals surface area contributed by atoms with Crippen molar-refractivity contribution in [3.05, 3.63) is 48.8 Å². The van der Waals surface area contributed by atoms with Crippen LogP contribution in [0.15, 0.2) is 53.9 Å². The van der Waals surface area contributed by atoms with Crippen molar-refractivity contribution in [2.75, 3.05) is 24.3 Å². The van der Waals surface area contributed by atoms with Gasteiger partial charge in [-0.1, -0.05) is 41.3 Å². The van der Waals surface area contributed by atoms with Gasteiger partial charge in [0.05, 0.1) is 21.7 Å². The van der Waals surface area contributed by atoms with Crippen LogP contribution >= 0.6 is 23.1 Å². The van der Waals surface area contributed by atoms with Gasteiger partial charge < -0.3 is 14.8 Å². The zero-order chi connectivity index (χ0) is 19.6. The zero-order valence-electron chi connectivity index (χ0n) is 15.1. The number of aromatic nitrogens is 4. The molecule has 8 nitrogen and oxygen atoms in total. The number of anilines is 1. The number of carbonyl (C=O) groups is 1. The third-order valence-electron chi connectivity index (χ3n) is 4.12. The molecule has 1 aliphatic heterocycles. The van der Waals surface area contributed by atoms with Crippen LogP contribution in [0, 0.1) is 0 Å². The first-order valence-corrected chi connectivity index (χ1v) is 10.6. The normalized spacial score (nSPS) is 12.8. The lowest BCUT2D eigenvalue weighted by Gasteiger charge is -2.17. The topological polar surface area (TPSA) is 91.2 Å². The second-order valence-electron chi connectivity index (χ2n) is 6.13. The number of thiazole rings is 1. The fraction of sp³-hybridized carbons (Fsp3) is 0.158. The van der Waals surface area contributed by atoms with E-state index in [1.807, 2.05) is 42.5 Å². The molecule has 1 N–H and O–H groups in total. The van der Waals surface area contributed by atoms with Crippen LogP contribution in [-0.4, -0.2) is 44.6 Å². The Hall–Kier alpha value is -3.11. The molecule has 10 heteroatoms. The van der Waals surface area contributed by atoms with Gasteiger partial charge in [0.1, 0.15) is 19.5 Å². The third-order valence-corrected chi connectivity index (χ3v) is 5.91. The van der Waals surface area contributed by atoms with Crippen molar-refractivity contribution in [3.63, 3.8) is 0 Å². The van der Waals surface area contributed by atoms with Crippen LogP contribution < -0.4 is 14.8 Å². The van der Waals surface area contributed by atoms with Crippen molar-refractivity contribution < 1.29 is 14.3 Å². The standard InChI is InChI=1S/C19H15N5O3S2/c25-17(10-28-18-20-11-24(23-18)12-4-2-1-3-5-12)22-19-21-13-8-14-15(9-16(13)29-19)27-7-6-26-14/h1-5,8-9,11H,6-7,10H2,(H,21,22,25). The van der Waals surface area contributed by atoms with Crippen LogP contribution in [-0.2, 0) is 4.79 Å². The number of rotatable bonds is 5. The van der Waals surface area contributed by atoms with Gasteiger partial charge in [0.2, 0.25) is 11.1 Å². The molecular weight excluding hydrogens is 410 g/mol. The maximum Gasteiger partial charge on any atom is 0.236 e.